The van der Waals surface area contributed by atoms with E-state index in [4.69, 9.17) is 43.7 Å². The molecule has 11 heteroatoms. The van der Waals surface area contributed by atoms with Gasteiger partial charge in [-0.15, -0.1) is 0 Å². The molecule has 0 aliphatic heterocycles. The largest absolute Gasteiger partial charge is 0.427 e. The van der Waals surface area contributed by atoms with E-state index >= 15 is 0 Å². The van der Waals surface area contributed by atoms with Gasteiger partial charge in [0.05, 0.1) is 0 Å². The lowest BCUT2D eigenvalue weighted by Crippen LogP contribution is -2.45. The van der Waals surface area contributed by atoms with Crippen LogP contribution in [-0.2, 0) is 19.3 Å². The molecule has 1 aromatic carbocycles. The number of rotatable bonds is 6. The van der Waals surface area contributed by atoms with Crippen LogP contribution in [0.1, 0.15) is 80.5 Å². The quantitative estimate of drug-likeness (QED) is 0.235. The minimum atomic E-state index is -4.24. The molecule has 38 heavy (non-hydrogen) atoms. The van der Waals surface area contributed by atoms with Crippen LogP contribution in [0.4, 0.5) is 0 Å². The zero-order valence-electron chi connectivity index (χ0n) is 21.2. The van der Waals surface area contributed by atoms with Gasteiger partial charge in [0.15, 0.2) is 0 Å². The number of fused-ring (bicyclic) bond motifs is 5. The number of carbonyl (C=O) groups excluding carboxylic acids is 1. The van der Waals surface area contributed by atoms with E-state index in [1.165, 1.54) is 12.5 Å². The Morgan fingerprint density at radius 1 is 1.18 bits per heavy atom. The number of pyridine rings is 1. The second-order valence-corrected chi connectivity index (χ2v) is 14.9. The summed E-state index contributed by atoms with van der Waals surface area (Å²) in [4.78, 5) is 16.0. The SMILES string of the molecule is CC(=O)Oc1ccc2c(c1)C(NS(=O)(=O)OCC(Cl)(Cl)Cl)CC1C2CCC2(C)C(c3cccnc3)CCC12. The van der Waals surface area contributed by atoms with Crippen molar-refractivity contribution in [2.45, 2.75) is 67.6 Å². The molecule has 0 bridgehead atoms. The number of nitrogens with one attached hydrogen (secondary N) is 1. The molecule has 0 spiro atoms. The van der Waals surface area contributed by atoms with Crippen LogP contribution in [0.2, 0.25) is 0 Å². The van der Waals surface area contributed by atoms with Crippen molar-refractivity contribution in [2.24, 2.45) is 17.3 Å². The number of halogens is 3. The topological polar surface area (TPSA) is 94.6 Å². The molecule has 1 heterocycles. The predicted molar refractivity (Wildman–Crippen MR) is 147 cm³/mol. The Morgan fingerprint density at radius 3 is 2.66 bits per heavy atom. The first-order chi connectivity index (χ1) is 17.9. The van der Waals surface area contributed by atoms with E-state index in [1.807, 2.05) is 18.3 Å². The number of esters is 1. The molecule has 3 aliphatic carbocycles. The van der Waals surface area contributed by atoms with Crippen molar-refractivity contribution in [3.63, 3.8) is 0 Å². The van der Waals surface area contributed by atoms with Gasteiger partial charge in [-0.2, -0.15) is 13.1 Å². The summed E-state index contributed by atoms with van der Waals surface area (Å²) in [5.41, 5.74) is 3.24. The number of hydrogen-bond acceptors (Lipinski definition) is 6. The van der Waals surface area contributed by atoms with E-state index in [-0.39, 0.29) is 17.3 Å². The van der Waals surface area contributed by atoms with Gasteiger partial charge < -0.3 is 4.74 Å². The summed E-state index contributed by atoms with van der Waals surface area (Å²) in [5, 5.41) is 0. The third kappa shape index (κ3) is 5.72. The molecule has 206 valence electrons. The third-order valence-corrected chi connectivity index (χ3v) is 10.1. The molecule has 1 aromatic heterocycles. The number of ether oxygens (including phenoxy) is 1. The molecular weight excluding hydrogens is 571 g/mol. The van der Waals surface area contributed by atoms with Crippen molar-refractivity contribution >= 4 is 51.1 Å². The fraction of sp³-hybridized carbons (Fsp3) is 0.556. The van der Waals surface area contributed by atoms with Crippen molar-refractivity contribution in [2.75, 3.05) is 6.61 Å². The van der Waals surface area contributed by atoms with Gasteiger partial charge in [-0.3, -0.25) is 14.0 Å². The van der Waals surface area contributed by atoms with E-state index in [1.54, 1.807) is 18.3 Å². The smallest absolute Gasteiger partial charge is 0.336 e. The normalized spacial score (nSPS) is 30.7. The lowest BCUT2D eigenvalue weighted by Gasteiger charge is -2.52. The molecule has 1 N–H and O–H groups in total. The van der Waals surface area contributed by atoms with Gasteiger partial charge in [0.2, 0.25) is 3.79 Å². The highest BCUT2D eigenvalue weighted by Crippen LogP contribution is 2.66. The van der Waals surface area contributed by atoms with E-state index in [0.29, 0.717) is 24.0 Å². The molecule has 2 fully saturated rings. The Kier molecular flexibility index (Phi) is 7.79. The summed E-state index contributed by atoms with van der Waals surface area (Å²) in [6, 6.07) is 9.11. The van der Waals surface area contributed by atoms with Crippen LogP contribution in [0.3, 0.4) is 0 Å². The molecule has 3 aliphatic rings. The number of carbonyl (C=O) groups is 1. The first-order valence-electron chi connectivity index (χ1n) is 12.8. The van der Waals surface area contributed by atoms with Crippen LogP contribution < -0.4 is 9.46 Å². The minimum Gasteiger partial charge on any atom is -0.427 e. The molecular formula is C27H31Cl3N2O5S. The highest BCUT2D eigenvalue weighted by Gasteiger charge is 2.56. The van der Waals surface area contributed by atoms with Gasteiger partial charge in [-0.1, -0.05) is 53.9 Å². The lowest BCUT2D eigenvalue weighted by molar-refractivity contribution is -0.131. The average Bonchev–Trinajstić information content (AvgIpc) is 3.20. The maximum atomic E-state index is 12.9. The van der Waals surface area contributed by atoms with Crippen molar-refractivity contribution in [1.29, 1.82) is 0 Å². The van der Waals surface area contributed by atoms with Gasteiger partial charge >= 0.3 is 16.3 Å². The Morgan fingerprint density at radius 2 is 1.97 bits per heavy atom. The molecule has 0 amide bonds. The van der Waals surface area contributed by atoms with Crippen LogP contribution in [0.5, 0.6) is 5.75 Å². The zero-order valence-corrected chi connectivity index (χ0v) is 24.3. The molecule has 2 aromatic rings. The number of hydrogen-bond donors (Lipinski definition) is 1. The molecule has 6 atom stereocenters. The summed E-state index contributed by atoms with van der Waals surface area (Å²) in [5.74, 6) is 1.31. The van der Waals surface area contributed by atoms with Gasteiger partial charge in [0, 0.05) is 25.4 Å². The molecule has 0 saturated heterocycles. The number of aromatic nitrogens is 1. The van der Waals surface area contributed by atoms with Gasteiger partial charge in [-0.05, 0) is 96.1 Å². The highest BCUT2D eigenvalue weighted by molar-refractivity contribution is 7.84. The Bertz CT molecular complexity index is 1300. The molecule has 5 rings (SSSR count). The standard InChI is InChI=1S/C27H31Cl3N2O5S/c1-16(33)37-18-5-6-19-20-9-10-26(2)23(17-4-3-11-31-14-17)7-8-24(26)21(20)13-25(22(19)12-18)32-38(34,35)36-15-27(28,29)30/h3-6,11-12,14,20-21,23-25,32H,7-10,13,15H2,1-2H3. The Hall–Kier alpha value is -1.42. The van der Waals surface area contributed by atoms with Crippen molar-refractivity contribution in [1.82, 2.24) is 9.71 Å². The number of alkyl halides is 3. The number of nitrogens with zero attached hydrogens (tertiary/aromatic N) is 1. The predicted octanol–water partition coefficient (Wildman–Crippen LogP) is 6.37. The monoisotopic (exact) mass is 600 g/mol. The Balaban J connectivity index is 1.48. The Labute approximate surface area is 238 Å². The van der Waals surface area contributed by atoms with Crippen LogP contribution >= 0.6 is 34.8 Å². The van der Waals surface area contributed by atoms with Gasteiger partial charge in [-0.25, -0.2) is 0 Å². The summed E-state index contributed by atoms with van der Waals surface area (Å²) in [6.07, 6.45) is 8.61. The third-order valence-electron chi connectivity index (χ3n) is 8.79. The van der Waals surface area contributed by atoms with Crippen LogP contribution in [-0.4, -0.2) is 29.8 Å². The van der Waals surface area contributed by atoms with Gasteiger partial charge in [0.25, 0.3) is 0 Å². The van der Waals surface area contributed by atoms with Crippen LogP contribution in [0.15, 0.2) is 42.7 Å². The van der Waals surface area contributed by atoms with Gasteiger partial charge in [0.1, 0.15) is 12.4 Å². The molecule has 6 unspecified atom stereocenters. The maximum Gasteiger partial charge on any atom is 0.336 e. The molecule has 0 radical (unpaired) electrons. The summed E-state index contributed by atoms with van der Waals surface area (Å²) in [6.45, 7) is 3.11. The second kappa shape index (κ2) is 10.5. The van der Waals surface area contributed by atoms with Crippen molar-refractivity contribution < 1.29 is 22.1 Å². The first-order valence-corrected chi connectivity index (χ1v) is 15.4. The first kappa shape index (κ1) is 28.1. The van der Waals surface area contributed by atoms with Crippen molar-refractivity contribution in [3.8, 4) is 5.75 Å². The second-order valence-electron chi connectivity index (χ2n) is 11.0. The minimum absolute atomic E-state index is 0.0920. The molecule has 7 nitrogen and oxygen atoms in total. The molecule has 2 saturated carbocycles. The van der Waals surface area contributed by atoms with E-state index in [0.717, 1.165) is 36.8 Å². The van der Waals surface area contributed by atoms with E-state index < -0.39 is 32.7 Å². The lowest BCUT2D eigenvalue weighted by atomic mass is 9.53. The fourth-order valence-electron chi connectivity index (χ4n) is 7.42. The average molecular weight is 602 g/mol. The van der Waals surface area contributed by atoms with Crippen molar-refractivity contribution in [3.05, 3.63) is 59.4 Å². The maximum absolute atomic E-state index is 12.9. The summed E-state index contributed by atoms with van der Waals surface area (Å²) in [7, 11) is -4.24. The zero-order chi connectivity index (χ0) is 27.3. The summed E-state index contributed by atoms with van der Waals surface area (Å²) < 4.78 is 37.0. The van der Waals surface area contributed by atoms with E-state index in [2.05, 4.69) is 22.7 Å². The van der Waals surface area contributed by atoms with E-state index in [9.17, 15) is 13.2 Å². The fourth-order valence-corrected chi connectivity index (χ4v) is 8.75. The van der Waals surface area contributed by atoms with Crippen LogP contribution in [0.25, 0.3) is 0 Å². The highest BCUT2D eigenvalue weighted by atomic mass is 35.6. The number of benzene rings is 1. The van der Waals surface area contributed by atoms with Crippen LogP contribution in [0, 0.1) is 17.3 Å². The summed E-state index contributed by atoms with van der Waals surface area (Å²) >= 11 is 17.2.